The molecule has 2 aromatic rings. The molecule has 120 valence electrons. The molecule has 1 aromatic carbocycles. The maximum atomic E-state index is 14.1. The quantitative estimate of drug-likeness (QED) is 0.903. The van der Waals surface area contributed by atoms with Crippen molar-refractivity contribution >= 4 is 17.8 Å². The van der Waals surface area contributed by atoms with Gasteiger partial charge in [0.2, 0.25) is 0 Å². The lowest BCUT2D eigenvalue weighted by Gasteiger charge is -2.33. The Kier molecular flexibility index (Phi) is 3.51. The van der Waals surface area contributed by atoms with Crippen molar-refractivity contribution in [3.63, 3.8) is 0 Å². The van der Waals surface area contributed by atoms with Crippen LogP contribution >= 0.6 is 0 Å². The van der Waals surface area contributed by atoms with E-state index in [0.29, 0.717) is 12.3 Å². The number of halogens is 1. The van der Waals surface area contributed by atoms with Crippen molar-refractivity contribution in [3.8, 4) is 0 Å². The number of para-hydroxylation sites is 1. The van der Waals surface area contributed by atoms with Gasteiger partial charge in [-0.3, -0.25) is 0 Å². The normalized spacial score (nSPS) is 24.7. The fraction of sp³-hybridized carbons (Fsp3) is 0.400. The number of aromatic amines is 1. The second-order valence-electron chi connectivity index (χ2n) is 7.00. The van der Waals surface area contributed by atoms with E-state index in [1.807, 2.05) is 0 Å². The molecule has 3 heteroatoms. The molecule has 1 saturated heterocycles. The van der Waals surface area contributed by atoms with E-state index in [2.05, 4.69) is 52.5 Å². The second-order valence-corrected chi connectivity index (χ2v) is 7.00. The first-order valence-electron chi connectivity index (χ1n) is 8.52. The average molecular weight is 310 g/mol. The number of alkyl halides is 1. The Morgan fingerprint density at radius 2 is 1.91 bits per heavy atom. The molecule has 2 nitrogen and oxygen atoms in total. The fourth-order valence-corrected chi connectivity index (χ4v) is 3.90. The van der Waals surface area contributed by atoms with Crippen molar-refractivity contribution < 1.29 is 4.39 Å². The minimum atomic E-state index is -1.22. The number of nitrogens with zero attached hydrogens (tertiary/aromatic N) is 1. The van der Waals surface area contributed by atoms with Crippen LogP contribution in [0, 0.1) is 0 Å². The number of anilines is 1. The summed E-state index contributed by atoms with van der Waals surface area (Å²) in [7, 11) is 0. The summed E-state index contributed by atoms with van der Waals surface area (Å²) in [5.74, 6) is 0.573. The zero-order valence-electron chi connectivity index (χ0n) is 13.6. The van der Waals surface area contributed by atoms with Crippen LogP contribution in [0.2, 0.25) is 0 Å². The van der Waals surface area contributed by atoms with E-state index in [0.717, 1.165) is 31.3 Å². The van der Waals surface area contributed by atoms with Gasteiger partial charge in [-0.05, 0) is 54.7 Å². The van der Waals surface area contributed by atoms with Crippen LogP contribution in [0.15, 0.2) is 36.5 Å². The van der Waals surface area contributed by atoms with Crippen LogP contribution in [0.4, 0.5) is 10.1 Å². The van der Waals surface area contributed by atoms with Gasteiger partial charge in [0, 0.05) is 36.7 Å². The third-order valence-electron chi connectivity index (χ3n) is 5.19. The molecule has 1 fully saturated rings. The largest absolute Gasteiger partial charge is 0.371 e. The predicted molar refractivity (Wildman–Crippen MR) is 93.7 cm³/mol. The lowest BCUT2D eigenvalue weighted by Crippen LogP contribution is -2.37. The third-order valence-corrected chi connectivity index (χ3v) is 5.19. The molecule has 2 aliphatic rings. The highest BCUT2D eigenvalue weighted by molar-refractivity contribution is 5.49. The highest BCUT2D eigenvalue weighted by Gasteiger charge is 2.25. The van der Waals surface area contributed by atoms with Gasteiger partial charge in [-0.2, -0.15) is 0 Å². The molecule has 0 amide bonds. The summed E-state index contributed by atoms with van der Waals surface area (Å²) in [5.41, 5.74) is 1.47. The zero-order chi connectivity index (χ0) is 15.9. The lowest BCUT2D eigenvalue weighted by molar-refractivity contribution is 0.286. The van der Waals surface area contributed by atoms with E-state index in [4.69, 9.17) is 0 Å². The maximum Gasteiger partial charge on any atom is 0.132 e. The van der Waals surface area contributed by atoms with Gasteiger partial charge in [-0.25, -0.2) is 4.39 Å². The summed E-state index contributed by atoms with van der Waals surface area (Å²) >= 11 is 0. The van der Waals surface area contributed by atoms with Crippen molar-refractivity contribution in [2.45, 2.75) is 37.8 Å². The number of piperidine rings is 1. The Labute approximate surface area is 136 Å². The lowest BCUT2D eigenvalue weighted by atomic mass is 9.88. The number of hydrogen-bond donors (Lipinski definition) is 1. The van der Waals surface area contributed by atoms with Gasteiger partial charge < -0.3 is 9.88 Å². The molecule has 1 unspecified atom stereocenters. The first-order valence-corrected chi connectivity index (χ1v) is 8.52. The smallest absolute Gasteiger partial charge is 0.132 e. The first-order chi connectivity index (χ1) is 11.1. The molecule has 1 atom stereocenters. The van der Waals surface area contributed by atoms with Crippen LogP contribution in [-0.2, 0) is 0 Å². The van der Waals surface area contributed by atoms with Gasteiger partial charge >= 0.3 is 0 Å². The van der Waals surface area contributed by atoms with Gasteiger partial charge in [-0.15, -0.1) is 0 Å². The summed E-state index contributed by atoms with van der Waals surface area (Å²) in [6.45, 7) is 3.81. The van der Waals surface area contributed by atoms with Gasteiger partial charge in [0.1, 0.15) is 5.67 Å². The van der Waals surface area contributed by atoms with E-state index >= 15 is 0 Å². The highest BCUT2D eigenvalue weighted by atomic mass is 19.1. The van der Waals surface area contributed by atoms with Crippen LogP contribution in [0.25, 0.3) is 12.2 Å². The average Bonchev–Trinajstić information content (AvgIpc) is 2.97. The van der Waals surface area contributed by atoms with Crippen molar-refractivity contribution in [1.82, 2.24) is 4.98 Å². The van der Waals surface area contributed by atoms with Crippen LogP contribution in [0.5, 0.6) is 0 Å². The van der Waals surface area contributed by atoms with Gasteiger partial charge in [0.25, 0.3) is 0 Å². The summed E-state index contributed by atoms with van der Waals surface area (Å²) in [4.78, 5) is 5.74. The highest BCUT2D eigenvalue weighted by Crippen LogP contribution is 2.29. The number of rotatable bonds is 2. The maximum absolute atomic E-state index is 14.1. The van der Waals surface area contributed by atoms with Gasteiger partial charge in [0.15, 0.2) is 0 Å². The molecule has 0 spiro atoms. The monoisotopic (exact) mass is 310 g/mol. The number of hydrogen-bond acceptors (Lipinski definition) is 1. The third kappa shape index (κ3) is 2.80. The summed E-state index contributed by atoms with van der Waals surface area (Å²) in [6, 6.07) is 10.6. The van der Waals surface area contributed by atoms with Crippen molar-refractivity contribution in [2.75, 3.05) is 18.0 Å². The number of nitrogens with one attached hydrogen (secondary N) is 1. The number of benzene rings is 1. The van der Waals surface area contributed by atoms with E-state index in [9.17, 15) is 4.39 Å². The molecule has 0 bridgehead atoms. The molecular weight excluding hydrogens is 287 g/mol. The Balaban J connectivity index is 1.54. The van der Waals surface area contributed by atoms with Crippen LogP contribution in [-0.4, -0.2) is 23.7 Å². The summed E-state index contributed by atoms with van der Waals surface area (Å²) < 4.78 is 14.1. The van der Waals surface area contributed by atoms with E-state index in [1.165, 1.54) is 16.5 Å². The molecule has 4 rings (SSSR count). The van der Waals surface area contributed by atoms with Gasteiger partial charge in [0.05, 0.1) is 0 Å². The predicted octanol–water partition coefficient (Wildman–Crippen LogP) is 3.09. The van der Waals surface area contributed by atoms with Crippen molar-refractivity contribution in [2.24, 2.45) is 0 Å². The summed E-state index contributed by atoms with van der Waals surface area (Å²) in [5, 5.41) is 2.19. The Morgan fingerprint density at radius 1 is 1.17 bits per heavy atom. The first kappa shape index (κ1) is 14.6. The zero-order valence-corrected chi connectivity index (χ0v) is 13.6. The van der Waals surface area contributed by atoms with Gasteiger partial charge in [-0.1, -0.05) is 24.3 Å². The number of fused-ring (bicyclic) bond motifs is 1. The van der Waals surface area contributed by atoms with Crippen LogP contribution in [0.3, 0.4) is 0 Å². The summed E-state index contributed by atoms with van der Waals surface area (Å²) in [6.07, 6.45) is 8.70. The number of H-pyrrole nitrogens is 1. The molecule has 0 radical (unpaired) electrons. The number of aromatic nitrogens is 1. The molecule has 1 N–H and O–H groups in total. The molecular formula is C20H23FN2. The Hall–Kier alpha value is -2.03. The van der Waals surface area contributed by atoms with E-state index in [-0.39, 0.29) is 0 Å². The molecule has 23 heavy (non-hydrogen) atoms. The molecule has 1 aliphatic carbocycles. The fourth-order valence-electron chi connectivity index (χ4n) is 3.90. The topological polar surface area (TPSA) is 19.0 Å². The molecule has 1 aromatic heterocycles. The molecule has 0 saturated carbocycles. The van der Waals surface area contributed by atoms with Crippen LogP contribution < -0.4 is 15.5 Å². The molecule has 2 heterocycles. The minimum absolute atomic E-state index is 0.480. The van der Waals surface area contributed by atoms with Crippen molar-refractivity contribution in [3.05, 3.63) is 52.7 Å². The van der Waals surface area contributed by atoms with E-state index in [1.54, 1.807) is 13.0 Å². The van der Waals surface area contributed by atoms with E-state index < -0.39 is 5.67 Å². The Morgan fingerprint density at radius 3 is 2.65 bits per heavy atom. The minimum Gasteiger partial charge on any atom is -0.371 e. The van der Waals surface area contributed by atoms with Crippen LogP contribution in [0.1, 0.15) is 37.7 Å². The van der Waals surface area contributed by atoms with Crippen molar-refractivity contribution in [1.29, 1.82) is 0 Å². The second kappa shape index (κ2) is 5.55. The molecule has 1 aliphatic heterocycles. The Bertz CT molecular complexity index is 796. The SMILES string of the molecule is CC1(F)C=c2[nH]cc(C3CCN(c4ccccc4)CC3)c2=CC1. The standard InChI is InChI=1S/C20H23FN2/c1-20(21)10-7-17-18(14-22-19(17)13-20)15-8-11-23(12-9-15)16-5-3-2-4-6-16/h2-7,13-15,22H,8-12H2,1H3.